The topological polar surface area (TPSA) is 158 Å². The van der Waals surface area contributed by atoms with Gasteiger partial charge in [-0.25, -0.2) is 14.4 Å². The summed E-state index contributed by atoms with van der Waals surface area (Å²) in [6.45, 7) is 14.6. The van der Waals surface area contributed by atoms with Crippen LogP contribution in [0.15, 0.2) is 0 Å². The molecule has 6 amide bonds. The number of amides is 6. The van der Waals surface area contributed by atoms with E-state index in [1.54, 1.807) is 64.8 Å². The number of likely N-dealkylation sites (tertiary alicyclic amines) is 2. The monoisotopic (exact) mass is 760 g/mol. The fraction of sp³-hybridized carbons (Fsp3) is 0.897. The number of urea groups is 3. The molecule has 0 aliphatic carbocycles. The summed E-state index contributed by atoms with van der Waals surface area (Å²) in [4.78, 5) is 39.9. The minimum absolute atomic E-state index is 0.0692. The number of hydrogen-bond acceptors (Lipinski definition) is 11. The lowest BCUT2D eigenvalue weighted by Crippen LogP contribution is -2.43. The average molecular weight is 761 g/mol. The molecule has 8 N–H and O–H groups in total. The van der Waals surface area contributed by atoms with E-state index < -0.39 is 0 Å². The van der Waals surface area contributed by atoms with Crippen molar-refractivity contribution in [1.29, 1.82) is 0 Å². The van der Waals surface area contributed by atoms with E-state index in [-0.39, 0.29) is 18.1 Å². The third-order valence-electron chi connectivity index (χ3n) is 7.23. The van der Waals surface area contributed by atoms with Crippen LogP contribution in [-0.4, -0.2) is 127 Å². The molecule has 17 heteroatoms. The lowest BCUT2D eigenvalue weighted by atomic mass is 10.1. The van der Waals surface area contributed by atoms with Gasteiger partial charge in [0.15, 0.2) is 0 Å². The van der Waals surface area contributed by atoms with E-state index in [1.165, 1.54) is 0 Å². The van der Waals surface area contributed by atoms with Crippen LogP contribution in [0.4, 0.5) is 14.4 Å². The second kappa shape index (κ2) is 28.6. The maximum absolute atomic E-state index is 12.3. The van der Waals surface area contributed by atoms with Crippen molar-refractivity contribution in [2.45, 2.75) is 65.5 Å². The van der Waals surface area contributed by atoms with Crippen molar-refractivity contribution in [3.05, 3.63) is 0 Å². The number of nitrogens with two attached hydrogens (primary N) is 2. The fourth-order valence-electron chi connectivity index (χ4n) is 5.10. The molecule has 11 nitrogen and oxygen atoms in total. The Morgan fingerprint density at radius 3 is 1.24 bits per heavy atom. The molecule has 2 aliphatic heterocycles. The summed E-state index contributed by atoms with van der Waals surface area (Å²) in [6.07, 6.45) is 4.33. The normalized spacial score (nSPS) is 20.7. The maximum Gasteiger partial charge on any atom is 0.317 e. The van der Waals surface area contributed by atoms with Crippen LogP contribution in [0.2, 0.25) is 0 Å². The van der Waals surface area contributed by atoms with Gasteiger partial charge in [-0.2, -0.15) is 0 Å². The lowest BCUT2D eigenvalue weighted by molar-refractivity contribution is 0.190. The summed E-state index contributed by atoms with van der Waals surface area (Å²) in [5, 5.41) is 11.7. The molecule has 0 unspecified atom stereocenters. The Labute approximate surface area is 302 Å². The third-order valence-corrected chi connectivity index (χ3v) is 14.5. The summed E-state index contributed by atoms with van der Waals surface area (Å²) in [7, 11) is 10.4. The second-order valence-electron chi connectivity index (χ2n) is 11.3. The van der Waals surface area contributed by atoms with E-state index >= 15 is 0 Å². The first kappa shape index (κ1) is 43.9. The predicted molar refractivity (Wildman–Crippen MR) is 210 cm³/mol. The first-order valence-electron chi connectivity index (χ1n) is 16.5. The van der Waals surface area contributed by atoms with Crippen LogP contribution in [0.5, 0.6) is 0 Å². The molecule has 0 saturated carbocycles. The van der Waals surface area contributed by atoms with Gasteiger partial charge in [0.1, 0.15) is 0 Å². The van der Waals surface area contributed by atoms with E-state index in [0.29, 0.717) is 56.6 Å². The van der Waals surface area contributed by atoms with Crippen molar-refractivity contribution in [2.24, 2.45) is 23.3 Å². The predicted octanol–water partition coefficient (Wildman–Crippen LogP) is 4.99. The van der Waals surface area contributed by atoms with Crippen LogP contribution < -0.4 is 32.7 Å². The molecule has 46 heavy (non-hydrogen) atoms. The van der Waals surface area contributed by atoms with Crippen LogP contribution in [0, 0.1) is 11.8 Å². The lowest BCUT2D eigenvalue weighted by Gasteiger charge is -2.23. The highest BCUT2D eigenvalue weighted by atomic mass is 33.1. The molecular formula is C29H60N8O3S6. The van der Waals surface area contributed by atoms with E-state index in [4.69, 9.17) is 11.5 Å². The molecule has 2 saturated heterocycles. The Kier molecular flexibility index (Phi) is 27.3. The first-order chi connectivity index (χ1) is 22.3. The highest BCUT2D eigenvalue weighted by Crippen LogP contribution is 2.26. The van der Waals surface area contributed by atoms with Crippen LogP contribution in [-0.2, 0) is 0 Å². The smallest absolute Gasteiger partial charge is 0.317 e. The largest absolute Gasteiger partial charge is 0.337 e. The number of nitrogens with one attached hydrogen (secondary N) is 4. The molecular weight excluding hydrogens is 701 g/mol. The number of rotatable bonds is 21. The Balaban J connectivity index is 0.000000506. The fourth-order valence-corrected chi connectivity index (χ4v) is 10.4. The zero-order valence-corrected chi connectivity index (χ0v) is 33.2. The van der Waals surface area contributed by atoms with Crippen molar-refractivity contribution in [3.8, 4) is 0 Å². The van der Waals surface area contributed by atoms with Crippen molar-refractivity contribution in [1.82, 2.24) is 31.1 Å². The molecule has 270 valence electrons. The molecule has 0 bridgehead atoms. The molecule has 0 aromatic carbocycles. The highest BCUT2D eigenvalue weighted by Gasteiger charge is 2.32. The van der Waals surface area contributed by atoms with Crippen molar-refractivity contribution < 1.29 is 14.4 Å². The van der Waals surface area contributed by atoms with E-state index in [9.17, 15) is 14.4 Å². The minimum atomic E-state index is -0.118. The van der Waals surface area contributed by atoms with Gasteiger partial charge in [-0.3, -0.25) is 0 Å². The van der Waals surface area contributed by atoms with E-state index in [2.05, 4.69) is 49.0 Å². The zero-order chi connectivity index (χ0) is 34.0. The Morgan fingerprint density at radius 1 is 0.587 bits per heavy atom. The summed E-state index contributed by atoms with van der Waals surface area (Å²) >= 11 is 0. The molecule has 2 fully saturated rings. The number of nitrogens with zero attached hydrogens (tertiary/aromatic N) is 2. The van der Waals surface area contributed by atoms with Gasteiger partial charge < -0.3 is 42.5 Å². The minimum Gasteiger partial charge on any atom is -0.337 e. The van der Waals surface area contributed by atoms with Crippen molar-refractivity contribution in [2.75, 3.05) is 86.9 Å². The molecule has 0 radical (unpaired) electrons. The van der Waals surface area contributed by atoms with E-state index in [0.717, 1.165) is 79.8 Å². The van der Waals surface area contributed by atoms with Gasteiger partial charge in [-0.15, -0.1) is 0 Å². The third kappa shape index (κ3) is 20.4. The van der Waals surface area contributed by atoms with Gasteiger partial charge in [0.25, 0.3) is 0 Å². The maximum atomic E-state index is 12.3. The second-order valence-corrected chi connectivity index (χ2v) is 19.4. The van der Waals surface area contributed by atoms with Gasteiger partial charge in [-0.1, -0.05) is 92.5 Å². The van der Waals surface area contributed by atoms with Crippen molar-refractivity contribution in [3.63, 3.8) is 0 Å². The summed E-state index contributed by atoms with van der Waals surface area (Å²) in [5.41, 5.74) is 10.8. The standard InChI is InChI=1S/C17H35N5O2S4.C12H25N3OS2/c1-3-15-12-14(2)13-22(15)17(24)21-7-11-28-27-10-6-20-16(23)19-5-9-26-25-8-4-18;1-3-11-8-10(2)9-15(11)12(16)14-5-7-18-17-6-4-13/h14-15H,3-13,18H2,1-2H3,(H,21,24)(H2,19,20,23);10-11H,3-9,13H2,1-2H3,(H,14,16)/t14-,15-;10-,11-/m11/s1. The Morgan fingerprint density at radius 2 is 0.913 bits per heavy atom. The van der Waals surface area contributed by atoms with Gasteiger partial charge in [0.05, 0.1) is 0 Å². The zero-order valence-electron chi connectivity index (χ0n) is 28.3. The Hall–Kier alpha value is -0.170. The summed E-state index contributed by atoms with van der Waals surface area (Å²) < 4.78 is 0. The van der Waals surface area contributed by atoms with Gasteiger partial charge in [-0.05, 0) is 37.5 Å². The number of carbonyl (C=O) groups excluding carboxylic acids is 3. The highest BCUT2D eigenvalue weighted by molar-refractivity contribution is 8.77. The van der Waals surface area contributed by atoms with Crippen LogP contribution >= 0.6 is 64.8 Å². The van der Waals surface area contributed by atoms with Gasteiger partial charge >= 0.3 is 18.1 Å². The van der Waals surface area contributed by atoms with Gasteiger partial charge in [0.2, 0.25) is 0 Å². The summed E-state index contributed by atoms with van der Waals surface area (Å²) in [5.74, 6) is 6.66. The molecule has 4 atom stereocenters. The SMILES string of the molecule is CC[C@@H]1C[C@@H](C)CN1C(=O)NCCSSCCN.CC[C@@H]1C[C@@H](C)CN1C(=O)NCCSSCCNC(=O)NCCSSCCN. The van der Waals surface area contributed by atoms with Crippen molar-refractivity contribution >= 4 is 82.9 Å². The average Bonchev–Trinajstić information content (AvgIpc) is 3.63. The molecule has 0 aromatic heterocycles. The van der Waals surface area contributed by atoms with Gasteiger partial charge in [0, 0.05) is 99.0 Å². The number of carbonyl (C=O) groups is 3. The molecule has 2 aliphatic rings. The van der Waals surface area contributed by atoms with Crippen LogP contribution in [0.25, 0.3) is 0 Å². The molecule has 0 spiro atoms. The number of hydrogen-bond donors (Lipinski definition) is 6. The molecule has 2 heterocycles. The quantitative estimate of drug-likeness (QED) is 0.0692. The van der Waals surface area contributed by atoms with Crippen LogP contribution in [0.3, 0.4) is 0 Å². The molecule has 2 rings (SSSR count). The molecule has 0 aromatic rings. The Bertz CT molecular complexity index is 825. The van der Waals surface area contributed by atoms with Crippen LogP contribution in [0.1, 0.15) is 53.4 Å². The van der Waals surface area contributed by atoms with E-state index in [1.807, 2.05) is 9.80 Å². The first-order valence-corrected chi connectivity index (χ1v) is 24.0. The summed E-state index contributed by atoms with van der Waals surface area (Å²) in [6, 6.07) is 0.875.